The summed E-state index contributed by atoms with van der Waals surface area (Å²) in [5, 5.41) is 49.2. The van der Waals surface area contributed by atoms with Gasteiger partial charge in [0.25, 0.3) is 0 Å². The second kappa shape index (κ2) is 17.5. The number of aliphatic hydroxyl groups excluding tert-OH is 3. The monoisotopic (exact) mass is 684 g/mol. The number of methoxy groups -OCH3 is 2. The average molecular weight is 685 g/mol. The smallest absolute Gasteiger partial charge is 0.137 e. The molecule has 0 spiro atoms. The number of hydrogen-bond acceptors (Lipinski definition) is 10. The molecule has 2 aliphatic carbocycles. The summed E-state index contributed by atoms with van der Waals surface area (Å²) in [4.78, 5) is 12.2. The fourth-order valence-electron chi connectivity index (χ4n) is 10.2. The van der Waals surface area contributed by atoms with E-state index in [0.717, 1.165) is 70.8 Å². The fourth-order valence-corrected chi connectivity index (χ4v) is 10.2. The second-order valence-corrected chi connectivity index (χ2v) is 16.4. The van der Waals surface area contributed by atoms with E-state index >= 15 is 0 Å². The molecule has 9 N–H and O–H groups in total. The highest BCUT2D eigenvalue weighted by Gasteiger charge is 2.49. The maximum Gasteiger partial charge on any atom is 0.137 e. The summed E-state index contributed by atoms with van der Waals surface area (Å²) in [5.74, 6) is -0.138. The molecule has 15 atom stereocenters. The van der Waals surface area contributed by atoms with Gasteiger partial charge in [-0.1, -0.05) is 0 Å². The third-order valence-electron chi connectivity index (χ3n) is 12.9. The Morgan fingerprint density at radius 3 is 2.44 bits per heavy atom. The van der Waals surface area contributed by atoms with Crippen molar-refractivity contribution in [2.75, 3.05) is 27.4 Å². The molecule has 0 amide bonds. The van der Waals surface area contributed by atoms with Gasteiger partial charge in [-0.15, -0.1) is 0 Å². The highest BCUT2D eigenvalue weighted by molar-refractivity contribution is 5.65. The lowest BCUT2D eigenvalue weighted by molar-refractivity contribution is -0.744. The topological polar surface area (TPSA) is 197 Å². The normalized spacial score (nSPS) is 45.9. The van der Waals surface area contributed by atoms with Crippen LogP contribution in [-0.4, -0.2) is 116 Å². The standard InChI is InChI=1S/C36H65N3O9/c1-21-8-10-36(19-34(42)43,18-23-9-11-38-33(37)13-23)32(39-21)20-47-31-15-24(14-30(46-3)35(31)44)28-17-25(40)16-26(48-28)6-4-22-5-7-27(41)29(12-22)45-2/h21-33,35,38-41,44H,4-20,37H2,1-3H3,(H,42,43)/p+1/t21-,22?,23?,24?,25-,26-,27?,28+,29?,30?,31?,32+,33?,35?,36+/m0/s1. The van der Waals surface area contributed by atoms with Gasteiger partial charge in [0.15, 0.2) is 0 Å². The molecule has 3 heterocycles. The number of quaternary nitrogens is 2. The van der Waals surface area contributed by atoms with Gasteiger partial charge in [-0.25, -0.2) is 0 Å². The van der Waals surface area contributed by atoms with E-state index in [0.29, 0.717) is 50.2 Å². The minimum atomic E-state index is -1.02. The summed E-state index contributed by atoms with van der Waals surface area (Å²) < 4.78 is 24.6. The van der Waals surface area contributed by atoms with Crippen LogP contribution in [0.3, 0.4) is 0 Å². The Hall–Kier alpha value is -0.930. The lowest BCUT2D eigenvalue weighted by Crippen LogP contribution is -3.00. The van der Waals surface area contributed by atoms with Crippen molar-refractivity contribution >= 4 is 5.97 Å². The van der Waals surface area contributed by atoms with Crippen molar-refractivity contribution in [1.82, 2.24) is 0 Å². The Morgan fingerprint density at radius 2 is 1.71 bits per heavy atom. The van der Waals surface area contributed by atoms with Crippen LogP contribution in [0.5, 0.6) is 0 Å². The molecular weight excluding hydrogens is 618 g/mol. The van der Waals surface area contributed by atoms with Crippen LogP contribution < -0.4 is 21.5 Å². The Kier molecular flexibility index (Phi) is 14.0. The molecule has 5 rings (SSSR count). The first-order valence-electron chi connectivity index (χ1n) is 19.0. The molecule has 3 saturated heterocycles. The predicted molar refractivity (Wildman–Crippen MR) is 175 cm³/mol. The number of nitrogens with two attached hydrogens (primary N) is 3. The van der Waals surface area contributed by atoms with Crippen LogP contribution in [-0.2, 0) is 23.7 Å². The second-order valence-electron chi connectivity index (χ2n) is 16.4. The average Bonchev–Trinajstić information content (AvgIpc) is 3.05. The molecule has 278 valence electrons. The molecule has 9 unspecified atom stereocenters. The van der Waals surface area contributed by atoms with Crippen LogP contribution >= 0.6 is 0 Å². The zero-order chi connectivity index (χ0) is 34.4. The third-order valence-corrected chi connectivity index (χ3v) is 12.9. The number of piperidine rings is 2. The van der Waals surface area contributed by atoms with Gasteiger partial charge in [-0.3, -0.25) is 5.73 Å². The van der Waals surface area contributed by atoms with Crippen LogP contribution in [0.2, 0.25) is 0 Å². The number of carbonyl (C=O) groups excluding carboxylic acids is 1. The van der Waals surface area contributed by atoms with E-state index in [-0.39, 0.29) is 42.9 Å². The molecule has 0 aromatic carbocycles. The Balaban J connectivity index is 1.23. The van der Waals surface area contributed by atoms with Gasteiger partial charge in [0.05, 0.1) is 61.9 Å². The number of carboxylic acids is 1. The largest absolute Gasteiger partial charge is 0.550 e. The summed E-state index contributed by atoms with van der Waals surface area (Å²) in [6.45, 7) is 3.48. The van der Waals surface area contributed by atoms with Crippen LogP contribution in [0.25, 0.3) is 0 Å². The quantitative estimate of drug-likeness (QED) is 0.139. The summed E-state index contributed by atoms with van der Waals surface area (Å²) in [5.41, 5.74) is 5.83. The molecule has 0 bridgehead atoms. The fraction of sp³-hybridized carbons (Fsp3) is 0.972. The molecule has 3 aliphatic heterocycles. The highest BCUT2D eigenvalue weighted by atomic mass is 16.5. The summed E-state index contributed by atoms with van der Waals surface area (Å²) in [6, 6.07) is 0.268. The summed E-state index contributed by atoms with van der Waals surface area (Å²) in [6.07, 6.45) is 8.37. The van der Waals surface area contributed by atoms with Gasteiger partial charge in [0.1, 0.15) is 18.3 Å². The molecular formula is C36H66N3O9+. The van der Waals surface area contributed by atoms with Gasteiger partial charge < -0.3 is 54.8 Å². The minimum absolute atomic E-state index is 0.000997. The molecule has 2 saturated carbocycles. The molecule has 12 heteroatoms. The van der Waals surface area contributed by atoms with Crippen molar-refractivity contribution in [3.63, 3.8) is 0 Å². The first-order chi connectivity index (χ1) is 23.0. The zero-order valence-corrected chi connectivity index (χ0v) is 29.6. The van der Waals surface area contributed by atoms with Crippen LogP contribution in [0.15, 0.2) is 0 Å². The van der Waals surface area contributed by atoms with E-state index in [4.69, 9.17) is 24.7 Å². The zero-order valence-electron chi connectivity index (χ0n) is 29.6. The van der Waals surface area contributed by atoms with Gasteiger partial charge in [-0.2, -0.15) is 0 Å². The van der Waals surface area contributed by atoms with E-state index in [1.165, 1.54) is 0 Å². The molecule has 0 radical (unpaired) electrons. The first-order valence-corrected chi connectivity index (χ1v) is 19.0. The number of hydrogen-bond donors (Lipinski definition) is 6. The van der Waals surface area contributed by atoms with Crippen molar-refractivity contribution in [1.29, 1.82) is 0 Å². The first kappa shape index (κ1) is 38.3. The maximum atomic E-state index is 12.2. The van der Waals surface area contributed by atoms with E-state index in [1.54, 1.807) is 14.2 Å². The maximum absolute atomic E-state index is 12.2. The summed E-state index contributed by atoms with van der Waals surface area (Å²) in [7, 11) is 3.28. The van der Waals surface area contributed by atoms with Crippen molar-refractivity contribution in [2.45, 2.75) is 170 Å². The number of aliphatic carboxylic acids is 1. The van der Waals surface area contributed by atoms with Crippen molar-refractivity contribution in [3.8, 4) is 0 Å². The van der Waals surface area contributed by atoms with E-state index in [1.807, 2.05) is 0 Å². The molecule has 0 aromatic rings. The number of carbonyl (C=O) groups is 1. The Labute approximate surface area is 287 Å². The van der Waals surface area contributed by atoms with E-state index in [2.05, 4.69) is 17.6 Å². The van der Waals surface area contributed by atoms with Crippen molar-refractivity contribution in [2.24, 2.45) is 28.9 Å². The molecule has 0 aromatic heterocycles. The van der Waals surface area contributed by atoms with Crippen LogP contribution in [0, 0.1) is 23.2 Å². The van der Waals surface area contributed by atoms with E-state index < -0.39 is 41.9 Å². The molecule has 5 aliphatic rings. The highest BCUT2D eigenvalue weighted by Crippen LogP contribution is 2.43. The minimum Gasteiger partial charge on any atom is -0.550 e. The lowest BCUT2D eigenvalue weighted by Gasteiger charge is -2.48. The molecule has 48 heavy (non-hydrogen) atoms. The number of carboxylic acid groups (broad SMARTS) is 1. The molecule has 5 fully saturated rings. The Bertz CT molecular complexity index is 1010. The van der Waals surface area contributed by atoms with Gasteiger partial charge in [0.2, 0.25) is 0 Å². The van der Waals surface area contributed by atoms with Crippen molar-refractivity contribution in [3.05, 3.63) is 0 Å². The van der Waals surface area contributed by atoms with Crippen molar-refractivity contribution < 1.29 is 54.8 Å². The molecule has 12 nitrogen and oxygen atoms in total. The number of ether oxygens (including phenoxy) is 4. The third kappa shape index (κ3) is 9.89. The van der Waals surface area contributed by atoms with Crippen LogP contribution in [0.4, 0.5) is 0 Å². The van der Waals surface area contributed by atoms with Crippen LogP contribution in [0.1, 0.15) is 103 Å². The van der Waals surface area contributed by atoms with Gasteiger partial charge in [0, 0.05) is 32.0 Å². The number of aliphatic hydroxyl groups is 3. The lowest BCUT2D eigenvalue weighted by atomic mass is 9.64. The summed E-state index contributed by atoms with van der Waals surface area (Å²) >= 11 is 0. The Morgan fingerprint density at radius 1 is 0.938 bits per heavy atom. The predicted octanol–water partition coefficient (Wildman–Crippen LogP) is -1.09. The van der Waals surface area contributed by atoms with Gasteiger partial charge in [-0.05, 0) is 115 Å². The SMILES string of the molecule is COC1CC(CC[C@H]2C[C@H](O)C[C@H](C3CC(OC)C(O)C(OC[C@H]4[NH2+][C@@H](C)CC[C@]4(CC(=O)[O-])CC4CC[NH2+]C(N)C4)C3)O2)CCC1O. The number of rotatable bonds is 13. The van der Waals surface area contributed by atoms with E-state index in [9.17, 15) is 25.2 Å². The van der Waals surface area contributed by atoms with Gasteiger partial charge >= 0.3 is 0 Å².